The fraction of sp³-hybridized carbons (Fsp3) is 0.438. The van der Waals surface area contributed by atoms with Crippen molar-refractivity contribution in [2.75, 3.05) is 26.1 Å². The van der Waals surface area contributed by atoms with E-state index in [0.717, 1.165) is 40.3 Å². The average molecular weight is 274 g/mol. The van der Waals surface area contributed by atoms with Gasteiger partial charge in [-0.05, 0) is 25.0 Å². The Morgan fingerprint density at radius 3 is 2.45 bits per heavy atom. The van der Waals surface area contributed by atoms with Gasteiger partial charge in [-0.25, -0.2) is 4.98 Å². The summed E-state index contributed by atoms with van der Waals surface area (Å²) < 4.78 is 10.8. The van der Waals surface area contributed by atoms with Crippen LogP contribution >= 0.6 is 0 Å². The minimum absolute atomic E-state index is 0.364. The van der Waals surface area contributed by atoms with E-state index in [2.05, 4.69) is 32.2 Å². The molecule has 0 aliphatic rings. The van der Waals surface area contributed by atoms with Crippen LogP contribution in [0.4, 0.5) is 5.69 Å². The number of methoxy groups -OCH3 is 2. The van der Waals surface area contributed by atoms with Crippen molar-refractivity contribution in [2.24, 2.45) is 0 Å². The normalized spacial score (nSPS) is 10.9. The highest BCUT2D eigenvalue weighted by atomic mass is 16.5. The third kappa shape index (κ3) is 2.64. The average Bonchev–Trinajstić information content (AvgIpc) is 2.46. The number of benzene rings is 1. The van der Waals surface area contributed by atoms with Gasteiger partial charge < -0.3 is 14.8 Å². The molecular weight excluding hydrogens is 252 g/mol. The van der Waals surface area contributed by atoms with Gasteiger partial charge in [0.2, 0.25) is 0 Å². The molecule has 2 aromatic rings. The van der Waals surface area contributed by atoms with Crippen molar-refractivity contribution in [3.63, 3.8) is 0 Å². The fourth-order valence-corrected chi connectivity index (χ4v) is 2.20. The Hall–Kier alpha value is -1.97. The molecular formula is C16H22N2O2. The van der Waals surface area contributed by atoms with E-state index in [4.69, 9.17) is 14.5 Å². The summed E-state index contributed by atoms with van der Waals surface area (Å²) in [7, 11) is 3.31. The quantitative estimate of drug-likeness (QED) is 0.900. The topological polar surface area (TPSA) is 43.4 Å². The van der Waals surface area contributed by atoms with Gasteiger partial charge in [-0.1, -0.05) is 13.8 Å². The first-order valence-electron chi connectivity index (χ1n) is 6.91. The van der Waals surface area contributed by atoms with E-state index in [0.29, 0.717) is 5.92 Å². The van der Waals surface area contributed by atoms with E-state index in [9.17, 15) is 0 Å². The van der Waals surface area contributed by atoms with Gasteiger partial charge in [-0.15, -0.1) is 0 Å². The molecule has 0 spiro atoms. The maximum absolute atomic E-state index is 5.47. The Labute approximate surface area is 120 Å². The zero-order chi connectivity index (χ0) is 14.7. The number of fused-ring (bicyclic) bond motifs is 1. The van der Waals surface area contributed by atoms with Gasteiger partial charge in [0.1, 0.15) is 17.0 Å². The molecule has 0 fully saturated rings. The van der Waals surface area contributed by atoms with Gasteiger partial charge in [0.15, 0.2) is 0 Å². The van der Waals surface area contributed by atoms with Crippen molar-refractivity contribution in [3.8, 4) is 11.5 Å². The smallest absolute Gasteiger partial charge is 0.148 e. The maximum atomic E-state index is 5.47. The van der Waals surface area contributed by atoms with Crippen LogP contribution in [0.2, 0.25) is 0 Å². The van der Waals surface area contributed by atoms with Crippen LogP contribution in [-0.4, -0.2) is 25.7 Å². The van der Waals surface area contributed by atoms with Crippen LogP contribution in [0.3, 0.4) is 0 Å². The summed E-state index contributed by atoms with van der Waals surface area (Å²) >= 11 is 0. The summed E-state index contributed by atoms with van der Waals surface area (Å²) in [5.41, 5.74) is 2.99. The highest BCUT2D eigenvalue weighted by Crippen LogP contribution is 2.35. The molecule has 1 heterocycles. The van der Waals surface area contributed by atoms with Gasteiger partial charge in [-0.3, -0.25) is 0 Å². The van der Waals surface area contributed by atoms with Gasteiger partial charge in [0, 0.05) is 29.4 Å². The van der Waals surface area contributed by atoms with Gasteiger partial charge in [0.05, 0.1) is 14.2 Å². The van der Waals surface area contributed by atoms with Crippen LogP contribution in [0.5, 0.6) is 11.5 Å². The number of pyridine rings is 1. The molecule has 1 aromatic heterocycles. The first-order chi connectivity index (χ1) is 9.60. The number of hydrogen-bond acceptors (Lipinski definition) is 4. The number of hydrogen-bond donors (Lipinski definition) is 1. The van der Waals surface area contributed by atoms with Crippen LogP contribution < -0.4 is 14.8 Å². The van der Waals surface area contributed by atoms with E-state index in [-0.39, 0.29) is 0 Å². The Balaban J connectivity index is 2.77. The Morgan fingerprint density at radius 2 is 1.90 bits per heavy atom. The molecule has 0 aliphatic carbocycles. The number of aromatic nitrogens is 1. The molecule has 2 rings (SSSR count). The molecule has 108 valence electrons. The molecule has 0 aliphatic heterocycles. The first kappa shape index (κ1) is 14.4. The van der Waals surface area contributed by atoms with Crippen molar-refractivity contribution in [1.82, 2.24) is 4.98 Å². The molecule has 4 nitrogen and oxygen atoms in total. The highest BCUT2D eigenvalue weighted by Gasteiger charge is 2.13. The minimum atomic E-state index is 0.364. The molecule has 0 atom stereocenters. The number of anilines is 1. The van der Waals surface area contributed by atoms with Crippen molar-refractivity contribution < 1.29 is 9.47 Å². The van der Waals surface area contributed by atoms with Crippen LogP contribution in [-0.2, 0) is 0 Å². The summed E-state index contributed by atoms with van der Waals surface area (Å²) in [6.45, 7) is 7.22. The molecule has 4 heteroatoms. The van der Waals surface area contributed by atoms with Crippen LogP contribution in [0, 0.1) is 0 Å². The number of nitrogens with zero attached hydrogens (tertiary/aromatic N) is 1. The van der Waals surface area contributed by atoms with Crippen LogP contribution in [0.15, 0.2) is 18.2 Å². The Kier molecular flexibility index (Phi) is 4.32. The Morgan fingerprint density at radius 1 is 1.15 bits per heavy atom. The lowest BCUT2D eigenvalue weighted by molar-refractivity contribution is 0.397. The number of rotatable bonds is 5. The van der Waals surface area contributed by atoms with Gasteiger partial charge >= 0.3 is 0 Å². The zero-order valence-electron chi connectivity index (χ0n) is 12.8. The van der Waals surface area contributed by atoms with Crippen LogP contribution in [0.25, 0.3) is 10.9 Å². The third-order valence-corrected chi connectivity index (χ3v) is 3.29. The predicted molar refractivity (Wildman–Crippen MR) is 83.1 cm³/mol. The fourth-order valence-electron chi connectivity index (χ4n) is 2.20. The first-order valence-corrected chi connectivity index (χ1v) is 6.91. The lowest BCUT2D eigenvalue weighted by Crippen LogP contribution is -2.03. The predicted octanol–water partition coefficient (Wildman–Crippen LogP) is 3.81. The highest BCUT2D eigenvalue weighted by molar-refractivity contribution is 5.96. The second-order valence-corrected chi connectivity index (χ2v) is 5.01. The summed E-state index contributed by atoms with van der Waals surface area (Å²) in [5, 5.41) is 4.42. The summed E-state index contributed by atoms with van der Waals surface area (Å²) in [4.78, 5) is 4.74. The molecule has 0 bridgehead atoms. The minimum Gasteiger partial charge on any atom is -0.497 e. The van der Waals surface area contributed by atoms with Crippen molar-refractivity contribution in [3.05, 3.63) is 23.9 Å². The van der Waals surface area contributed by atoms with Gasteiger partial charge in [-0.2, -0.15) is 0 Å². The molecule has 1 N–H and O–H groups in total. The second-order valence-electron chi connectivity index (χ2n) is 5.01. The van der Waals surface area contributed by atoms with E-state index >= 15 is 0 Å². The maximum Gasteiger partial charge on any atom is 0.148 e. The van der Waals surface area contributed by atoms with Crippen molar-refractivity contribution >= 4 is 16.6 Å². The van der Waals surface area contributed by atoms with E-state index < -0.39 is 0 Å². The lowest BCUT2D eigenvalue weighted by Gasteiger charge is -2.15. The monoisotopic (exact) mass is 274 g/mol. The Bertz CT molecular complexity index is 609. The summed E-state index contributed by atoms with van der Waals surface area (Å²) in [6.07, 6.45) is 0. The summed E-state index contributed by atoms with van der Waals surface area (Å²) in [6, 6.07) is 5.97. The molecule has 0 radical (unpaired) electrons. The SMILES string of the molecule is CCNc1cc(C(C)C)nc2c(OC)cc(OC)cc12. The standard InChI is InChI=1S/C16H22N2O2/c1-6-17-14-9-13(10(2)3)18-16-12(14)7-11(19-4)8-15(16)20-5/h7-10H,6H2,1-5H3,(H,17,18). The molecule has 0 saturated carbocycles. The molecule has 1 aromatic carbocycles. The third-order valence-electron chi connectivity index (χ3n) is 3.29. The zero-order valence-corrected chi connectivity index (χ0v) is 12.8. The lowest BCUT2D eigenvalue weighted by atomic mass is 10.1. The van der Waals surface area contributed by atoms with Crippen molar-refractivity contribution in [2.45, 2.75) is 26.7 Å². The molecule has 20 heavy (non-hydrogen) atoms. The van der Waals surface area contributed by atoms with E-state index in [1.165, 1.54) is 0 Å². The molecule has 0 saturated heterocycles. The number of ether oxygens (including phenoxy) is 2. The van der Waals surface area contributed by atoms with Crippen LogP contribution in [0.1, 0.15) is 32.4 Å². The van der Waals surface area contributed by atoms with E-state index in [1.807, 2.05) is 12.1 Å². The van der Waals surface area contributed by atoms with Gasteiger partial charge in [0.25, 0.3) is 0 Å². The largest absolute Gasteiger partial charge is 0.497 e. The van der Waals surface area contributed by atoms with Crippen molar-refractivity contribution in [1.29, 1.82) is 0 Å². The second kappa shape index (κ2) is 5.99. The van der Waals surface area contributed by atoms with E-state index in [1.54, 1.807) is 14.2 Å². The molecule has 0 amide bonds. The molecule has 0 unspecified atom stereocenters. The number of nitrogens with one attached hydrogen (secondary N) is 1. The summed E-state index contributed by atoms with van der Waals surface area (Å²) in [5.74, 6) is 1.87.